The SMILES string of the molecule is c1ccc(CC2CCN(CC3CONC(c4cccnc4)=N3)CC2)cc1. The van der Waals surface area contributed by atoms with E-state index < -0.39 is 0 Å². The maximum atomic E-state index is 5.56. The topological polar surface area (TPSA) is 49.8 Å². The van der Waals surface area contributed by atoms with Gasteiger partial charge in [-0.15, -0.1) is 0 Å². The van der Waals surface area contributed by atoms with Crippen molar-refractivity contribution < 1.29 is 4.84 Å². The minimum Gasteiger partial charge on any atom is -0.301 e. The van der Waals surface area contributed by atoms with E-state index in [0.29, 0.717) is 6.61 Å². The molecule has 1 N–H and O–H groups in total. The predicted octanol–water partition coefficient (Wildman–Crippen LogP) is 2.69. The molecule has 5 nitrogen and oxygen atoms in total. The van der Waals surface area contributed by atoms with Crippen molar-refractivity contribution in [2.75, 3.05) is 26.2 Å². The van der Waals surface area contributed by atoms with Crippen LogP contribution in [0.1, 0.15) is 24.0 Å². The number of aromatic nitrogens is 1. The van der Waals surface area contributed by atoms with E-state index in [1.54, 1.807) is 6.20 Å². The molecule has 1 fully saturated rings. The first kappa shape index (κ1) is 17.2. The van der Waals surface area contributed by atoms with E-state index in [0.717, 1.165) is 37.0 Å². The van der Waals surface area contributed by atoms with Crippen molar-refractivity contribution in [3.8, 4) is 0 Å². The fraction of sp³-hybridized carbons (Fsp3) is 0.429. The highest BCUT2D eigenvalue weighted by Gasteiger charge is 2.24. The Morgan fingerprint density at radius 3 is 2.69 bits per heavy atom. The molecule has 1 saturated heterocycles. The summed E-state index contributed by atoms with van der Waals surface area (Å²) in [7, 11) is 0. The highest BCUT2D eigenvalue weighted by Crippen LogP contribution is 2.22. The van der Waals surface area contributed by atoms with Gasteiger partial charge in [0.1, 0.15) is 0 Å². The molecule has 26 heavy (non-hydrogen) atoms. The highest BCUT2D eigenvalue weighted by molar-refractivity contribution is 5.98. The van der Waals surface area contributed by atoms with Gasteiger partial charge in [-0.05, 0) is 56.0 Å². The zero-order chi connectivity index (χ0) is 17.6. The Balaban J connectivity index is 1.29. The number of piperidine rings is 1. The molecule has 1 aromatic heterocycles. The average Bonchev–Trinajstić information content (AvgIpc) is 2.71. The summed E-state index contributed by atoms with van der Waals surface area (Å²) in [5.41, 5.74) is 5.36. The smallest absolute Gasteiger partial charge is 0.154 e. The Hall–Kier alpha value is -2.24. The van der Waals surface area contributed by atoms with Crippen molar-refractivity contribution in [3.63, 3.8) is 0 Å². The van der Waals surface area contributed by atoms with Crippen molar-refractivity contribution >= 4 is 5.84 Å². The molecule has 0 aliphatic carbocycles. The van der Waals surface area contributed by atoms with Crippen LogP contribution in [0.3, 0.4) is 0 Å². The lowest BCUT2D eigenvalue weighted by atomic mass is 9.90. The summed E-state index contributed by atoms with van der Waals surface area (Å²) in [6.07, 6.45) is 7.31. The number of hydroxylamine groups is 1. The van der Waals surface area contributed by atoms with Crippen molar-refractivity contribution in [2.24, 2.45) is 10.9 Å². The van der Waals surface area contributed by atoms with Crippen LogP contribution in [0, 0.1) is 5.92 Å². The maximum Gasteiger partial charge on any atom is 0.154 e. The van der Waals surface area contributed by atoms with Crippen molar-refractivity contribution in [2.45, 2.75) is 25.3 Å². The van der Waals surface area contributed by atoms with E-state index in [4.69, 9.17) is 9.83 Å². The fourth-order valence-electron chi connectivity index (χ4n) is 3.80. The third kappa shape index (κ3) is 4.48. The zero-order valence-corrected chi connectivity index (χ0v) is 15.1. The van der Waals surface area contributed by atoms with Crippen molar-refractivity contribution in [1.82, 2.24) is 15.4 Å². The van der Waals surface area contributed by atoms with Gasteiger partial charge in [-0.1, -0.05) is 30.3 Å². The average molecular weight is 350 g/mol. The third-order valence-electron chi connectivity index (χ3n) is 5.23. The van der Waals surface area contributed by atoms with Crippen LogP contribution in [0.2, 0.25) is 0 Å². The van der Waals surface area contributed by atoms with E-state index in [2.05, 4.69) is 45.7 Å². The number of benzene rings is 1. The molecule has 4 rings (SSSR count). The minimum atomic E-state index is 0.178. The second-order valence-electron chi connectivity index (χ2n) is 7.22. The molecule has 1 aromatic carbocycles. The molecule has 0 amide bonds. The van der Waals surface area contributed by atoms with Crippen molar-refractivity contribution in [1.29, 1.82) is 0 Å². The van der Waals surface area contributed by atoms with Crippen LogP contribution in [0.15, 0.2) is 59.9 Å². The Morgan fingerprint density at radius 1 is 1.08 bits per heavy atom. The second-order valence-corrected chi connectivity index (χ2v) is 7.22. The van der Waals surface area contributed by atoms with Gasteiger partial charge in [0, 0.05) is 24.5 Å². The first-order chi connectivity index (χ1) is 12.9. The number of aliphatic imine (C=N–C) groups is 1. The van der Waals surface area contributed by atoms with E-state index in [9.17, 15) is 0 Å². The summed E-state index contributed by atoms with van der Waals surface area (Å²) < 4.78 is 0. The maximum absolute atomic E-state index is 5.56. The standard InChI is InChI=1S/C21H26N4O/c1-2-5-17(6-3-1)13-18-8-11-25(12-9-18)15-20-16-26-24-21(23-20)19-7-4-10-22-14-19/h1-7,10,14,18,20H,8-9,11-13,15-16H2,(H,23,24). The van der Waals surface area contributed by atoms with Gasteiger partial charge in [0.05, 0.1) is 12.6 Å². The lowest BCUT2D eigenvalue weighted by molar-refractivity contribution is 0.0492. The van der Waals surface area contributed by atoms with E-state index in [-0.39, 0.29) is 6.04 Å². The van der Waals surface area contributed by atoms with E-state index >= 15 is 0 Å². The van der Waals surface area contributed by atoms with Gasteiger partial charge >= 0.3 is 0 Å². The summed E-state index contributed by atoms with van der Waals surface area (Å²) in [4.78, 5) is 17.1. The van der Waals surface area contributed by atoms with Crippen LogP contribution < -0.4 is 5.48 Å². The first-order valence-electron chi connectivity index (χ1n) is 9.49. The molecular formula is C21H26N4O. The molecule has 2 aliphatic heterocycles. The lowest BCUT2D eigenvalue weighted by Gasteiger charge is -2.34. The third-order valence-corrected chi connectivity index (χ3v) is 5.23. The molecule has 0 saturated carbocycles. The summed E-state index contributed by atoms with van der Waals surface area (Å²) in [6.45, 7) is 3.88. The predicted molar refractivity (Wildman–Crippen MR) is 103 cm³/mol. The lowest BCUT2D eigenvalue weighted by Crippen LogP contribution is -2.44. The fourth-order valence-corrected chi connectivity index (χ4v) is 3.80. The Labute approximate surface area is 155 Å². The minimum absolute atomic E-state index is 0.178. The number of rotatable bonds is 5. The number of hydrogen-bond acceptors (Lipinski definition) is 5. The normalized spacial score (nSPS) is 21.8. The van der Waals surface area contributed by atoms with Gasteiger partial charge in [0.25, 0.3) is 0 Å². The molecule has 136 valence electrons. The molecule has 5 heteroatoms. The Bertz CT molecular complexity index is 711. The summed E-state index contributed by atoms with van der Waals surface area (Å²) in [5, 5.41) is 0. The highest BCUT2D eigenvalue weighted by atomic mass is 16.6. The summed E-state index contributed by atoms with van der Waals surface area (Å²) >= 11 is 0. The van der Waals surface area contributed by atoms with Crippen LogP contribution in [0.5, 0.6) is 0 Å². The molecular weight excluding hydrogens is 324 g/mol. The largest absolute Gasteiger partial charge is 0.301 e. The van der Waals surface area contributed by atoms with E-state index in [1.807, 2.05) is 18.3 Å². The molecule has 2 aromatic rings. The molecule has 0 spiro atoms. The van der Waals surface area contributed by atoms with Gasteiger partial charge in [-0.25, -0.2) is 5.48 Å². The number of likely N-dealkylation sites (tertiary alicyclic amines) is 1. The molecule has 2 aliphatic rings. The second kappa shape index (κ2) is 8.43. The van der Waals surface area contributed by atoms with Gasteiger partial charge in [-0.3, -0.25) is 14.8 Å². The van der Waals surface area contributed by atoms with Crippen molar-refractivity contribution in [3.05, 3.63) is 66.0 Å². The van der Waals surface area contributed by atoms with E-state index in [1.165, 1.54) is 24.8 Å². The van der Waals surface area contributed by atoms with Crippen LogP contribution >= 0.6 is 0 Å². The van der Waals surface area contributed by atoms with Crippen LogP contribution in [-0.4, -0.2) is 48.0 Å². The molecule has 0 radical (unpaired) electrons. The summed E-state index contributed by atoms with van der Waals surface area (Å²) in [6, 6.07) is 14.9. The number of amidine groups is 1. The van der Waals surface area contributed by atoms with Crippen LogP contribution in [-0.2, 0) is 11.3 Å². The van der Waals surface area contributed by atoms with Crippen LogP contribution in [0.4, 0.5) is 0 Å². The number of nitrogens with zero attached hydrogens (tertiary/aromatic N) is 3. The number of hydrogen-bond donors (Lipinski definition) is 1. The first-order valence-corrected chi connectivity index (χ1v) is 9.49. The molecule has 3 heterocycles. The Morgan fingerprint density at radius 2 is 1.92 bits per heavy atom. The quantitative estimate of drug-likeness (QED) is 0.901. The van der Waals surface area contributed by atoms with Gasteiger partial charge < -0.3 is 4.90 Å². The molecule has 0 bridgehead atoms. The molecule has 1 unspecified atom stereocenters. The zero-order valence-electron chi connectivity index (χ0n) is 15.1. The van der Waals surface area contributed by atoms with Gasteiger partial charge in [0.15, 0.2) is 5.84 Å². The number of nitrogens with one attached hydrogen (secondary N) is 1. The number of pyridine rings is 1. The molecule has 1 atom stereocenters. The van der Waals surface area contributed by atoms with Gasteiger partial charge in [0.2, 0.25) is 0 Å². The monoisotopic (exact) mass is 350 g/mol. The summed E-state index contributed by atoms with van der Waals surface area (Å²) in [5.74, 6) is 1.58. The van der Waals surface area contributed by atoms with Crippen LogP contribution in [0.25, 0.3) is 0 Å². The van der Waals surface area contributed by atoms with Gasteiger partial charge in [-0.2, -0.15) is 0 Å². The Kier molecular flexibility index (Phi) is 5.57.